The largest absolute Gasteiger partial charge is 0.368 e. The highest BCUT2D eigenvalue weighted by Crippen LogP contribution is 2.23. The highest BCUT2D eigenvalue weighted by Gasteiger charge is 2.13. The van der Waals surface area contributed by atoms with Gasteiger partial charge in [0.2, 0.25) is 11.9 Å². The number of nitrogen functional groups attached to an aromatic ring is 1. The number of rotatable bonds is 6. The van der Waals surface area contributed by atoms with Gasteiger partial charge < -0.3 is 10.6 Å². The highest BCUT2D eigenvalue weighted by atomic mass is 79.9. The summed E-state index contributed by atoms with van der Waals surface area (Å²) in [5, 5.41) is 1.24. The van der Waals surface area contributed by atoms with Gasteiger partial charge in [-0.1, -0.05) is 34.6 Å². The van der Waals surface area contributed by atoms with Crippen molar-refractivity contribution in [1.29, 1.82) is 0 Å². The quantitative estimate of drug-likeness (QED) is 0.452. The first-order valence-corrected chi connectivity index (χ1v) is 10.2. The lowest BCUT2D eigenvalue weighted by Gasteiger charge is -2.13. The molecule has 0 aliphatic rings. The summed E-state index contributed by atoms with van der Waals surface area (Å²) in [5.74, 6) is 1.66. The van der Waals surface area contributed by atoms with Gasteiger partial charge in [-0.2, -0.15) is 15.0 Å². The number of thioether (sulfide) groups is 1. The number of halogens is 1. The van der Waals surface area contributed by atoms with E-state index in [1.807, 2.05) is 33.2 Å². The number of aromatic nitrogens is 5. The summed E-state index contributed by atoms with van der Waals surface area (Å²) in [6.45, 7) is 2.63. The van der Waals surface area contributed by atoms with Gasteiger partial charge in [0.25, 0.3) is 5.56 Å². The molecule has 0 amide bonds. The molecule has 3 rings (SSSR count). The lowest BCUT2D eigenvalue weighted by atomic mass is 10.2. The molecule has 27 heavy (non-hydrogen) atoms. The maximum absolute atomic E-state index is 12.9. The van der Waals surface area contributed by atoms with E-state index in [0.717, 1.165) is 10.9 Å². The van der Waals surface area contributed by atoms with Crippen molar-refractivity contribution < 1.29 is 0 Å². The fourth-order valence-corrected chi connectivity index (χ4v) is 3.76. The molecule has 0 atom stereocenters. The second-order valence-electron chi connectivity index (χ2n) is 6.11. The van der Waals surface area contributed by atoms with Crippen LogP contribution >= 0.6 is 27.7 Å². The molecular weight excluding hydrogens is 430 g/mol. The van der Waals surface area contributed by atoms with Crippen LogP contribution in [0.5, 0.6) is 0 Å². The molecule has 0 unspecified atom stereocenters. The van der Waals surface area contributed by atoms with Crippen molar-refractivity contribution in [2.45, 2.75) is 30.8 Å². The van der Waals surface area contributed by atoms with Crippen molar-refractivity contribution in [3.63, 3.8) is 0 Å². The number of hydrogen-bond donors (Lipinski definition) is 1. The summed E-state index contributed by atoms with van der Waals surface area (Å²) in [7, 11) is 3.68. The molecule has 0 saturated heterocycles. The van der Waals surface area contributed by atoms with Gasteiger partial charge in [-0.3, -0.25) is 9.36 Å². The van der Waals surface area contributed by atoms with E-state index in [9.17, 15) is 4.79 Å². The van der Waals surface area contributed by atoms with E-state index in [2.05, 4.69) is 35.9 Å². The second kappa shape index (κ2) is 8.22. The van der Waals surface area contributed by atoms with Gasteiger partial charge in [0.05, 0.1) is 16.7 Å². The third-order valence-electron chi connectivity index (χ3n) is 3.75. The number of nitrogens with zero attached hydrogens (tertiary/aromatic N) is 6. The molecular formula is C17H20BrN7OS. The number of fused-ring (bicyclic) bond motifs is 1. The molecule has 0 aliphatic carbocycles. The Kier molecular flexibility index (Phi) is 5.95. The van der Waals surface area contributed by atoms with Crippen LogP contribution in [0.15, 0.2) is 32.6 Å². The third-order valence-corrected chi connectivity index (χ3v) is 5.21. The van der Waals surface area contributed by atoms with E-state index in [-0.39, 0.29) is 11.5 Å². The molecule has 0 fully saturated rings. The number of benzene rings is 1. The Bertz CT molecular complexity index is 1040. The Labute approximate surface area is 169 Å². The van der Waals surface area contributed by atoms with Crippen LogP contribution in [0.2, 0.25) is 0 Å². The predicted molar refractivity (Wildman–Crippen MR) is 112 cm³/mol. The van der Waals surface area contributed by atoms with Crippen molar-refractivity contribution in [2.24, 2.45) is 0 Å². The molecule has 0 saturated carbocycles. The van der Waals surface area contributed by atoms with Gasteiger partial charge >= 0.3 is 0 Å². The molecule has 0 radical (unpaired) electrons. The summed E-state index contributed by atoms with van der Waals surface area (Å²) in [5.41, 5.74) is 6.41. The van der Waals surface area contributed by atoms with Crippen LogP contribution in [-0.4, -0.2) is 38.6 Å². The first-order chi connectivity index (χ1) is 12.9. The van der Waals surface area contributed by atoms with Crippen LogP contribution in [0.25, 0.3) is 10.9 Å². The summed E-state index contributed by atoms with van der Waals surface area (Å²) in [6.07, 6.45) is 0.831. The van der Waals surface area contributed by atoms with Crippen molar-refractivity contribution in [1.82, 2.24) is 24.5 Å². The minimum atomic E-state index is -0.0465. The fourth-order valence-electron chi connectivity index (χ4n) is 2.52. The molecule has 142 valence electrons. The van der Waals surface area contributed by atoms with Crippen LogP contribution in [0.4, 0.5) is 11.9 Å². The molecule has 10 heteroatoms. The van der Waals surface area contributed by atoms with Gasteiger partial charge in [-0.15, -0.1) is 0 Å². The topological polar surface area (TPSA) is 103 Å². The smallest absolute Gasteiger partial charge is 0.262 e. The normalized spacial score (nSPS) is 11.1. The maximum atomic E-state index is 12.9. The van der Waals surface area contributed by atoms with Gasteiger partial charge in [-0.05, 0) is 24.6 Å². The predicted octanol–water partition coefficient (Wildman–Crippen LogP) is 2.69. The Morgan fingerprint density at radius 1 is 1.22 bits per heavy atom. The van der Waals surface area contributed by atoms with Crippen molar-refractivity contribution in [2.75, 3.05) is 24.7 Å². The summed E-state index contributed by atoms with van der Waals surface area (Å²) < 4.78 is 2.56. The average Bonchev–Trinajstić information content (AvgIpc) is 2.63. The maximum Gasteiger partial charge on any atom is 0.262 e. The Hall–Kier alpha value is -2.20. The van der Waals surface area contributed by atoms with E-state index < -0.39 is 0 Å². The Morgan fingerprint density at radius 3 is 2.70 bits per heavy atom. The molecule has 2 aromatic heterocycles. The first-order valence-electron chi connectivity index (χ1n) is 8.39. The lowest BCUT2D eigenvalue weighted by Crippen LogP contribution is -2.23. The first kappa shape index (κ1) is 19.6. The van der Waals surface area contributed by atoms with Crippen molar-refractivity contribution >= 4 is 50.5 Å². The molecule has 2 heterocycles. The minimum Gasteiger partial charge on any atom is -0.368 e. The average molecular weight is 450 g/mol. The number of hydrogen-bond acceptors (Lipinski definition) is 8. The number of anilines is 2. The van der Waals surface area contributed by atoms with Crippen LogP contribution in [0.3, 0.4) is 0 Å². The van der Waals surface area contributed by atoms with Crippen LogP contribution < -0.4 is 16.2 Å². The van der Waals surface area contributed by atoms with Gasteiger partial charge in [0, 0.05) is 25.1 Å². The second-order valence-corrected chi connectivity index (χ2v) is 7.96. The van der Waals surface area contributed by atoms with E-state index in [4.69, 9.17) is 5.73 Å². The molecule has 0 aliphatic heterocycles. The zero-order valence-corrected chi connectivity index (χ0v) is 17.7. The monoisotopic (exact) mass is 449 g/mol. The lowest BCUT2D eigenvalue weighted by molar-refractivity contribution is 0.584. The minimum absolute atomic E-state index is 0.0465. The zero-order chi connectivity index (χ0) is 19.6. The Morgan fingerprint density at radius 2 is 2.00 bits per heavy atom. The van der Waals surface area contributed by atoms with Crippen LogP contribution in [0, 0.1) is 0 Å². The molecule has 0 spiro atoms. The Balaban J connectivity index is 1.98. The molecule has 2 N–H and O–H groups in total. The third kappa shape index (κ3) is 4.38. The van der Waals surface area contributed by atoms with Crippen molar-refractivity contribution in [3.8, 4) is 0 Å². The summed E-state index contributed by atoms with van der Waals surface area (Å²) in [6, 6.07) is 5.52. The zero-order valence-electron chi connectivity index (χ0n) is 15.3. The molecule has 1 aromatic carbocycles. The van der Waals surface area contributed by atoms with Gasteiger partial charge in [0.1, 0.15) is 5.82 Å². The van der Waals surface area contributed by atoms with E-state index in [0.29, 0.717) is 40.1 Å². The summed E-state index contributed by atoms with van der Waals surface area (Å²) in [4.78, 5) is 32.1. The summed E-state index contributed by atoms with van der Waals surface area (Å²) >= 11 is 4.83. The van der Waals surface area contributed by atoms with E-state index in [1.165, 1.54) is 11.8 Å². The van der Waals surface area contributed by atoms with E-state index >= 15 is 0 Å². The van der Waals surface area contributed by atoms with Crippen LogP contribution in [0.1, 0.15) is 19.2 Å². The van der Waals surface area contributed by atoms with Gasteiger partial charge in [0.15, 0.2) is 5.16 Å². The fraction of sp³-hybridized carbons (Fsp3) is 0.353. The van der Waals surface area contributed by atoms with Crippen molar-refractivity contribution in [3.05, 3.63) is 38.9 Å². The molecule has 0 bridgehead atoms. The van der Waals surface area contributed by atoms with Gasteiger partial charge in [-0.25, -0.2) is 4.98 Å². The molecule has 3 aromatic rings. The SMILES string of the molecule is CCCn1c(SCc2nc(N)nc(N(C)C)n2)nc2ccc(Br)cc2c1=O. The highest BCUT2D eigenvalue weighted by molar-refractivity contribution is 9.10. The standard InChI is InChI=1S/C17H20BrN7OS/c1-4-7-25-14(26)11-8-10(18)5-6-12(11)20-17(25)27-9-13-21-15(19)23-16(22-13)24(2)3/h5-6,8H,4,7,9H2,1-3H3,(H2,19,21,22,23). The molecule has 8 nitrogen and oxygen atoms in total. The van der Waals surface area contributed by atoms with E-state index in [1.54, 1.807) is 15.5 Å². The number of nitrogens with two attached hydrogens (primary N) is 1. The van der Waals surface area contributed by atoms with Crippen LogP contribution in [-0.2, 0) is 12.3 Å².